The van der Waals surface area contributed by atoms with E-state index in [1.165, 1.54) is 6.42 Å². The lowest BCUT2D eigenvalue weighted by Gasteiger charge is -2.25. The third-order valence-corrected chi connectivity index (χ3v) is 3.37. The van der Waals surface area contributed by atoms with E-state index in [4.69, 9.17) is 5.73 Å². The Hall–Kier alpha value is -0.370. The highest BCUT2D eigenvalue weighted by Gasteiger charge is 2.24. The molecule has 0 aliphatic heterocycles. The van der Waals surface area contributed by atoms with Gasteiger partial charge in [0, 0.05) is 18.4 Å². The minimum absolute atomic E-state index is 0.276. The van der Waals surface area contributed by atoms with Crippen LogP contribution in [0.3, 0.4) is 0 Å². The first kappa shape index (κ1) is 12.7. The summed E-state index contributed by atoms with van der Waals surface area (Å²) in [5, 5.41) is 0. The van der Waals surface area contributed by atoms with Crippen LogP contribution in [0.5, 0.6) is 0 Å². The van der Waals surface area contributed by atoms with Gasteiger partial charge in [-0.05, 0) is 31.6 Å². The summed E-state index contributed by atoms with van der Waals surface area (Å²) in [6.07, 6.45) is 7.26. The average Bonchev–Trinajstić information content (AvgIpc) is 2.17. The van der Waals surface area contributed by atoms with Gasteiger partial charge in [0.15, 0.2) is 0 Å². The molecular weight excluding hydrogens is 186 g/mol. The third kappa shape index (κ3) is 4.78. The molecule has 2 heteroatoms. The smallest absolute Gasteiger partial charge is 0.136 e. The highest BCUT2D eigenvalue weighted by Crippen LogP contribution is 2.25. The molecule has 1 fully saturated rings. The zero-order valence-corrected chi connectivity index (χ0v) is 10.2. The van der Waals surface area contributed by atoms with Crippen LogP contribution >= 0.6 is 0 Å². The van der Waals surface area contributed by atoms with Gasteiger partial charge < -0.3 is 5.73 Å². The molecule has 0 aromatic carbocycles. The lowest BCUT2D eigenvalue weighted by molar-refractivity contribution is -0.124. The van der Waals surface area contributed by atoms with Crippen LogP contribution in [-0.2, 0) is 4.79 Å². The second-order valence-electron chi connectivity index (χ2n) is 5.38. The summed E-state index contributed by atoms with van der Waals surface area (Å²) in [6.45, 7) is 4.42. The van der Waals surface area contributed by atoms with Gasteiger partial charge in [0.25, 0.3) is 0 Å². The summed E-state index contributed by atoms with van der Waals surface area (Å²) in [5.74, 6) is 1.46. The first-order valence-electron chi connectivity index (χ1n) is 6.38. The molecule has 0 spiro atoms. The molecular formula is C13H25NO. The fraction of sp³-hybridized carbons (Fsp3) is 0.923. The molecule has 1 rings (SSSR count). The first-order chi connectivity index (χ1) is 7.09. The number of Topliss-reactive ketones (excluding diaryl/α,β-unsaturated/α-hetero) is 1. The van der Waals surface area contributed by atoms with Crippen molar-refractivity contribution in [2.45, 2.75) is 64.8 Å². The Balaban J connectivity index is 2.21. The van der Waals surface area contributed by atoms with E-state index in [0.29, 0.717) is 11.7 Å². The molecule has 0 amide bonds. The van der Waals surface area contributed by atoms with E-state index in [1.54, 1.807) is 0 Å². The molecule has 0 radical (unpaired) electrons. The Bertz CT molecular complexity index is 201. The molecule has 0 heterocycles. The van der Waals surface area contributed by atoms with Crippen LogP contribution in [0, 0.1) is 11.8 Å². The van der Waals surface area contributed by atoms with Crippen molar-refractivity contribution in [3.63, 3.8) is 0 Å². The van der Waals surface area contributed by atoms with Crippen molar-refractivity contribution in [3.8, 4) is 0 Å². The van der Waals surface area contributed by atoms with Crippen LogP contribution < -0.4 is 5.73 Å². The summed E-state index contributed by atoms with van der Waals surface area (Å²) in [5.41, 5.74) is 5.89. The molecule has 0 saturated heterocycles. The minimum atomic E-state index is 0.276. The molecule has 2 N–H and O–H groups in total. The van der Waals surface area contributed by atoms with Crippen LogP contribution in [-0.4, -0.2) is 11.8 Å². The van der Waals surface area contributed by atoms with Gasteiger partial charge in [0.1, 0.15) is 5.78 Å². The SMILES string of the molecule is CC(C)CCCC(=O)C1CCCC(N)C1. The van der Waals surface area contributed by atoms with Crippen molar-refractivity contribution in [1.29, 1.82) is 0 Å². The van der Waals surface area contributed by atoms with Crippen LogP contribution in [0.4, 0.5) is 0 Å². The van der Waals surface area contributed by atoms with Crippen molar-refractivity contribution < 1.29 is 4.79 Å². The van der Waals surface area contributed by atoms with Crippen LogP contribution in [0.15, 0.2) is 0 Å². The second kappa shape index (κ2) is 6.26. The van der Waals surface area contributed by atoms with E-state index in [9.17, 15) is 4.79 Å². The van der Waals surface area contributed by atoms with Gasteiger partial charge in [-0.3, -0.25) is 4.79 Å². The predicted molar refractivity (Wildman–Crippen MR) is 63.6 cm³/mol. The standard InChI is InChI=1S/C13H25NO/c1-10(2)5-3-8-13(15)11-6-4-7-12(14)9-11/h10-12H,3-9,14H2,1-2H3. The average molecular weight is 211 g/mol. The summed E-state index contributed by atoms with van der Waals surface area (Å²) < 4.78 is 0. The molecule has 1 saturated carbocycles. The first-order valence-corrected chi connectivity index (χ1v) is 6.38. The monoisotopic (exact) mass is 211 g/mol. The number of carbonyl (C=O) groups is 1. The highest BCUT2D eigenvalue weighted by molar-refractivity contribution is 5.81. The summed E-state index contributed by atoms with van der Waals surface area (Å²) in [7, 11) is 0. The van der Waals surface area contributed by atoms with Gasteiger partial charge in [-0.1, -0.05) is 26.7 Å². The van der Waals surface area contributed by atoms with Gasteiger partial charge in [-0.2, -0.15) is 0 Å². The highest BCUT2D eigenvalue weighted by atomic mass is 16.1. The van der Waals surface area contributed by atoms with Gasteiger partial charge in [-0.25, -0.2) is 0 Å². The van der Waals surface area contributed by atoms with E-state index in [0.717, 1.165) is 38.5 Å². The maximum atomic E-state index is 11.9. The Morgan fingerprint density at radius 3 is 2.73 bits per heavy atom. The summed E-state index contributed by atoms with van der Waals surface area (Å²) >= 11 is 0. The Labute approximate surface area is 93.6 Å². The maximum absolute atomic E-state index is 11.9. The molecule has 2 unspecified atom stereocenters. The van der Waals surface area contributed by atoms with Crippen molar-refractivity contribution in [2.24, 2.45) is 17.6 Å². The number of hydrogen-bond acceptors (Lipinski definition) is 2. The van der Waals surface area contributed by atoms with Gasteiger partial charge in [-0.15, -0.1) is 0 Å². The number of hydrogen-bond donors (Lipinski definition) is 1. The predicted octanol–water partition coefficient (Wildman–Crippen LogP) is 2.90. The molecule has 0 aromatic heterocycles. The van der Waals surface area contributed by atoms with Crippen molar-refractivity contribution in [3.05, 3.63) is 0 Å². The second-order valence-corrected chi connectivity index (χ2v) is 5.38. The molecule has 2 atom stereocenters. The molecule has 88 valence electrons. The van der Waals surface area contributed by atoms with Crippen LogP contribution in [0.2, 0.25) is 0 Å². The summed E-state index contributed by atoms with van der Waals surface area (Å²) in [6, 6.07) is 0.276. The zero-order chi connectivity index (χ0) is 11.3. The number of nitrogens with two attached hydrogens (primary N) is 1. The Kier molecular flexibility index (Phi) is 5.30. The molecule has 2 nitrogen and oxygen atoms in total. The molecule has 1 aliphatic rings. The lowest BCUT2D eigenvalue weighted by Crippen LogP contribution is -2.31. The zero-order valence-electron chi connectivity index (χ0n) is 10.2. The quantitative estimate of drug-likeness (QED) is 0.760. The van der Waals surface area contributed by atoms with E-state index in [2.05, 4.69) is 13.8 Å². The summed E-state index contributed by atoms with van der Waals surface area (Å²) in [4.78, 5) is 11.9. The number of rotatable bonds is 5. The minimum Gasteiger partial charge on any atom is -0.328 e. The van der Waals surface area contributed by atoms with Crippen LogP contribution in [0.25, 0.3) is 0 Å². The number of carbonyl (C=O) groups excluding carboxylic acids is 1. The largest absolute Gasteiger partial charge is 0.328 e. The molecule has 15 heavy (non-hydrogen) atoms. The molecule has 0 bridgehead atoms. The van der Waals surface area contributed by atoms with Crippen LogP contribution in [0.1, 0.15) is 58.8 Å². The topological polar surface area (TPSA) is 43.1 Å². The Morgan fingerprint density at radius 2 is 2.13 bits per heavy atom. The van der Waals surface area contributed by atoms with E-state index in [-0.39, 0.29) is 12.0 Å². The van der Waals surface area contributed by atoms with Crippen molar-refractivity contribution in [1.82, 2.24) is 0 Å². The molecule has 0 aromatic rings. The van der Waals surface area contributed by atoms with Gasteiger partial charge in [0.2, 0.25) is 0 Å². The Morgan fingerprint density at radius 1 is 1.40 bits per heavy atom. The van der Waals surface area contributed by atoms with Crippen molar-refractivity contribution in [2.75, 3.05) is 0 Å². The van der Waals surface area contributed by atoms with Gasteiger partial charge in [0.05, 0.1) is 0 Å². The fourth-order valence-electron chi connectivity index (χ4n) is 2.41. The van der Waals surface area contributed by atoms with E-state index in [1.807, 2.05) is 0 Å². The van der Waals surface area contributed by atoms with Gasteiger partial charge >= 0.3 is 0 Å². The third-order valence-electron chi connectivity index (χ3n) is 3.37. The maximum Gasteiger partial charge on any atom is 0.136 e. The fourth-order valence-corrected chi connectivity index (χ4v) is 2.41. The van der Waals surface area contributed by atoms with Crippen molar-refractivity contribution >= 4 is 5.78 Å². The lowest BCUT2D eigenvalue weighted by atomic mass is 9.82. The van der Waals surface area contributed by atoms with E-state index >= 15 is 0 Å². The molecule has 1 aliphatic carbocycles. The normalized spacial score (nSPS) is 26.9. The van der Waals surface area contributed by atoms with E-state index < -0.39 is 0 Å². The number of ketones is 1.